The van der Waals surface area contributed by atoms with Gasteiger partial charge in [0.25, 0.3) is 0 Å². The van der Waals surface area contributed by atoms with Gasteiger partial charge in [-0.2, -0.15) is 5.10 Å². The number of nitrogens with zero attached hydrogens (tertiary/aromatic N) is 3. The van der Waals surface area contributed by atoms with E-state index < -0.39 is 0 Å². The molecule has 0 saturated heterocycles. The Hall–Kier alpha value is -2.89. The number of anilines is 1. The zero-order valence-corrected chi connectivity index (χ0v) is 15.0. The Bertz CT molecular complexity index is 915. The lowest BCUT2D eigenvalue weighted by atomic mass is 10.1. The molecule has 2 amide bonds. The van der Waals surface area contributed by atoms with Crippen molar-refractivity contribution in [2.45, 2.75) is 33.7 Å². The summed E-state index contributed by atoms with van der Waals surface area (Å²) in [7, 11) is 0. The van der Waals surface area contributed by atoms with Gasteiger partial charge in [0.2, 0.25) is 0 Å². The molecule has 3 rings (SSSR count). The summed E-state index contributed by atoms with van der Waals surface area (Å²) in [4.78, 5) is 16.7. The molecule has 2 N–H and O–H groups in total. The highest BCUT2D eigenvalue weighted by Crippen LogP contribution is 2.24. The van der Waals surface area contributed by atoms with Crippen molar-refractivity contribution in [1.29, 1.82) is 0 Å². The molecule has 6 heteroatoms. The van der Waals surface area contributed by atoms with E-state index in [1.807, 2.05) is 62.7 Å². The van der Waals surface area contributed by atoms with Crippen LogP contribution in [0.5, 0.6) is 0 Å². The van der Waals surface area contributed by atoms with Gasteiger partial charge in [-0.25, -0.2) is 4.79 Å². The normalized spacial score (nSPS) is 12.2. The zero-order valence-electron chi connectivity index (χ0n) is 15.0. The van der Waals surface area contributed by atoms with E-state index in [9.17, 15) is 4.79 Å². The second-order valence-corrected chi connectivity index (χ2v) is 6.39. The highest BCUT2D eigenvalue weighted by atomic mass is 16.2. The molecule has 2 aromatic heterocycles. The molecule has 0 aliphatic heterocycles. The van der Waals surface area contributed by atoms with Crippen LogP contribution in [0.1, 0.15) is 29.9 Å². The summed E-state index contributed by atoms with van der Waals surface area (Å²) >= 11 is 0. The Kier molecular flexibility index (Phi) is 4.70. The number of hydrogen-bond donors (Lipinski definition) is 2. The number of carbonyl (C=O) groups excluding carboxylic acids is 1. The van der Waals surface area contributed by atoms with E-state index in [-0.39, 0.29) is 12.1 Å². The highest BCUT2D eigenvalue weighted by Gasteiger charge is 2.12. The highest BCUT2D eigenvalue weighted by molar-refractivity contribution is 6.01. The standard InChI is InChI=1S/C19H23N5O/c1-12-7-8-17(16-6-5-9-20-18(12)16)22-19(25)21-11-15(4)24-14(3)10-13(2)23-24/h5-10,15H,11H2,1-4H3,(H2,21,22,25)/t15-/m0/s1. The monoisotopic (exact) mass is 337 g/mol. The number of rotatable bonds is 4. The largest absolute Gasteiger partial charge is 0.336 e. The minimum atomic E-state index is -0.234. The Labute approximate surface area is 147 Å². The SMILES string of the molecule is Cc1cc(C)n([C@@H](C)CNC(=O)Nc2ccc(C)c3ncccc23)n1. The van der Waals surface area contributed by atoms with E-state index in [1.54, 1.807) is 6.20 Å². The number of amides is 2. The van der Waals surface area contributed by atoms with Gasteiger partial charge in [-0.15, -0.1) is 0 Å². The number of pyridine rings is 1. The molecule has 3 aromatic rings. The van der Waals surface area contributed by atoms with Crippen molar-refractivity contribution in [2.75, 3.05) is 11.9 Å². The summed E-state index contributed by atoms with van der Waals surface area (Å²) in [5.74, 6) is 0. The van der Waals surface area contributed by atoms with Crippen molar-refractivity contribution < 1.29 is 4.79 Å². The Morgan fingerprint density at radius 1 is 1.24 bits per heavy atom. The Morgan fingerprint density at radius 2 is 2.04 bits per heavy atom. The van der Waals surface area contributed by atoms with E-state index in [2.05, 4.69) is 20.7 Å². The average Bonchev–Trinajstić information content (AvgIpc) is 2.94. The predicted molar refractivity (Wildman–Crippen MR) is 99.9 cm³/mol. The van der Waals surface area contributed by atoms with Crippen LogP contribution >= 0.6 is 0 Å². The van der Waals surface area contributed by atoms with E-state index in [1.165, 1.54) is 0 Å². The molecule has 1 aromatic carbocycles. The third kappa shape index (κ3) is 3.63. The number of nitrogens with one attached hydrogen (secondary N) is 2. The van der Waals surface area contributed by atoms with Gasteiger partial charge in [0.05, 0.1) is 22.9 Å². The van der Waals surface area contributed by atoms with Crippen LogP contribution in [0.15, 0.2) is 36.5 Å². The van der Waals surface area contributed by atoms with Gasteiger partial charge >= 0.3 is 6.03 Å². The van der Waals surface area contributed by atoms with Crippen LogP contribution in [0.3, 0.4) is 0 Å². The second kappa shape index (κ2) is 6.93. The summed E-state index contributed by atoms with van der Waals surface area (Å²) in [6.07, 6.45) is 1.76. The lowest BCUT2D eigenvalue weighted by molar-refractivity contribution is 0.250. The van der Waals surface area contributed by atoms with Crippen LogP contribution in [0.4, 0.5) is 10.5 Å². The van der Waals surface area contributed by atoms with Crippen LogP contribution in [-0.4, -0.2) is 27.3 Å². The maximum atomic E-state index is 12.3. The summed E-state index contributed by atoms with van der Waals surface area (Å²) in [6.45, 7) is 8.52. The van der Waals surface area contributed by atoms with Crippen LogP contribution in [0, 0.1) is 20.8 Å². The molecule has 2 heterocycles. The summed E-state index contributed by atoms with van der Waals surface area (Å²) < 4.78 is 1.93. The predicted octanol–water partition coefficient (Wildman–Crippen LogP) is 3.74. The van der Waals surface area contributed by atoms with Gasteiger partial charge in [0, 0.05) is 23.8 Å². The van der Waals surface area contributed by atoms with Crippen molar-refractivity contribution in [1.82, 2.24) is 20.1 Å². The first-order valence-electron chi connectivity index (χ1n) is 8.37. The van der Waals surface area contributed by atoms with Crippen molar-refractivity contribution in [2.24, 2.45) is 0 Å². The fourth-order valence-corrected chi connectivity index (χ4v) is 3.01. The quantitative estimate of drug-likeness (QED) is 0.762. The molecule has 130 valence electrons. The van der Waals surface area contributed by atoms with Crippen molar-refractivity contribution in [3.05, 3.63) is 53.5 Å². The lowest BCUT2D eigenvalue weighted by Gasteiger charge is -2.16. The zero-order chi connectivity index (χ0) is 18.0. The van der Waals surface area contributed by atoms with Crippen molar-refractivity contribution >= 4 is 22.6 Å². The average molecular weight is 337 g/mol. The van der Waals surface area contributed by atoms with E-state index in [0.29, 0.717) is 6.54 Å². The van der Waals surface area contributed by atoms with E-state index in [0.717, 1.165) is 33.5 Å². The molecular weight excluding hydrogens is 314 g/mol. The van der Waals surface area contributed by atoms with Crippen LogP contribution < -0.4 is 10.6 Å². The van der Waals surface area contributed by atoms with Gasteiger partial charge in [0.1, 0.15) is 0 Å². The first kappa shape index (κ1) is 17.0. The smallest absolute Gasteiger partial charge is 0.319 e. The number of urea groups is 1. The first-order chi connectivity index (χ1) is 12.0. The summed E-state index contributed by atoms with van der Waals surface area (Å²) in [5.41, 5.74) is 4.80. The minimum absolute atomic E-state index is 0.0795. The second-order valence-electron chi connectivity index (χ2n) is 6.39. The molecule has 6 nitrogen and oxygen atoms in total. The van der Waals surface area contributed by atoms with Gasteiger partial charge in [-0.05, 0) is 57.5 Å². The maximum absolute atomic E-state index is 12.3. The van der Waals surface area contributed by atoms with E-state index in [4.69, 9.17) is 0 Å². The van der Waals surface area contributed by atoms with Crippen LogP contribution in [0.2, 0.25) is 0 Å². The number of carbonyl (C=O) groups is 1. The molecule has 0 spiro atoms. The molecule has 0 fully saturated rings. The fraction of sp³-hybridized carbons (Fsp3) is 0.316. The molecule has 0 bridgehead atoms. The third-order valence-electron chi connectivity index (χ3n) is 4.24. The first-order valence-corrected chi connectivity index (χ1v) is 8.37. The number of aromatic nitrogens is 3. The number of benzene rings is 1. The lowest BCUT2D eigenvalue weighted by Crippen LogP contribution is -2.33. The maximum Gasteiger partial charge on any atom is 0.319 e. The Balaban J connectivity index is 1.67. The van der Waals surface area contributed by atoms with E-state index >= 15 is 0 Å². The van der Waals surface area contributed by atoms with Gasteiger partial charge < -0.3 is 10.6 Å². The molecule has 0 saturated carbocycles. The molecule has 0 aliphatic rings. The molecule has 0 radical (unpaired) electrons. The topological polar surface area (TPSA) is 71.8 Å². The van der Waals surface area contributed by atoms with Crippen molar-refractivity contribution in [3.8, 4) is 0 Å². The third-order valence-corrected chi connectivity index (χ3v) is 4.24. The fourth-order valence-electron chi connectivity index (χ4n) is 3.01. The van der Waals surface area contributed by atoms with Crippen LogP contribution in [0.25, 0.3) is 10.9 Å². The number of fused-ring (bicyclic) bond motifs is 1. The number of aryl methyl sites for hydroxylation is 3. The molecule has 25 heavy (non-hydrogen) atoms. The number of hydrogen-bond acceptors (Lipinski definition) is 3. The summed E-state index contributed by atoms with van der Waals surface area (Å²) in [6, 6.07) is 9.58. The molecule has 1 atom stereocenters. The van der Waals surface area contributed by atoms with Gasteiger partial charge in [-0.3, -0.25) is 9.67 Å². The van der Waals surface area contributed by atoms with Crippen molar-refractivity contribution in [3.63, 3.8) is 0 Å². The Morgan fingerprint density at radius 3 is 2.76 bits per heavy atom. The minimum Gasteiger partial charge on any atom is -0.336 e. The molecule has 0 aliphatic carbocycles. The molecular formula is C19H23N5O. The molecule has 0 unspecified atom stereocenters. The summed E-state index contributed by atoms with van der Waals surface area (Å²) in [5, 5.41) is 11.2. The van der Waals surface area contributed by atoms with Gasteiger partial charge in [0.15, 0.2) is 0 Å². The van der Waals surface area contributed by atoms with Gasteiger partial charge in [-0.1, -0.05) is 6.07 Å². The van der Waals surface area contributed by atoms with Crippen LogP contribution in [-0.2, 0) is 0 Å².